The van der Waals surface area contributed by atoms with Gasteiger partial charge in [-0.25, -0.2) is 8.42 Å². The lowest BCUT2D eigenvalue weighted by Crippen LogP contribution is -2.68. The van der Waals surface area contributed by atoms with Crippen LogP contribution in [0.1, 0.15) is 42.4 Å². The van der Waals surface area contributed by atoms with E-state index >= 15 is 0 Å². The van der Waals surface area contributed by atoms with Crippen molar-refractivity contribution >= 4 is 10.0 Å². The molecule has 0 amide bonds. The van der Waals surface area contributed by atoms with Gasteiger partial charge in [0.2, 0.25) is 0 Å². The van der Waals surface area contributed by atoms with Gasteiger partial charge in [0.15, 0.2) is 0 Å². The monoisotopic (exact) mass is 475 g/mol. The van der Waals surface area contributed by atoms with Crippen molar-refractivity contribution < 1.29 is 24.1 Å². The Hall–Kier alpha value is -2.17. The van der Waals surface area contributed by atoms with Gasteiger partial charge in [-0.3, -0.25) is 15.6 Å². The summed E-state index contributed by atoms with van der Waals surface area (Å²) in [5.74, 6) is 4.78. The van der Waals surface area contributed by atoms with Crippen molar-refractivity contribution in [2.45, 2.75) is 50.2 Å². The van der Waals surface area contributed by atoms with Crippen LogP contribution in [0.2, 0.25) is 0 Å². The van der Waals surface area contributed by atoms with Crippen molar-refractivity contribution in [3.05, 3.63) is 53.1 Å². The molecule has 2 heterocycles. The van der Waals surface area contributed by atoms with Crippen LogP contribution in [0.4, 0.5) is 0 Å². The minimum atomic E-state index is -3.76. The number of aromatic hydroxyl groups is 1. The maximum Gasteiger partial charge on any atom is 0.285 e. The summed E-state index contributed by atoms with van der Waals surface area (Å²) in [7, 11) is -2.22. The molecule has 2 aliphatic rings. The molecule has 0 aromatic heterocycles. The average molecular weight is 476 g/mol. The SMILES string of the molecule is COc1ccc(S(=O)(=O)N([NH3+])Cc2cc(CN3CCCC3)c(O)c(CN3CCCC3)c2)cc1. The molecule has 9 heteroatoms. The van der Waals surface area contributed by atoms with E-state index in [9.17, 15) is 13.5 Å². The minimum absolute atomic E-state index is 0.134. The third-order valence-corrected chi connectivity index (χ3v) is 8.25. The Bertz CT molecular complexity index is 1010. The van der Waals surface area contributed by atoms with Gasteiger partial charge in [-0.05, 0) is 98.2 Å². The van der Waals surface area contributed by atoms with Crippen LogP contribution < -0.4 is 10.6 Å². The van der Waals surface area contributed by atoms with Gasteiger partial charge in [-0.2, -0.15) is 0 Å². The van der Waals surface area contributed by atoms with E-state index < -0.39 is 10.0 Å². The number of ether oxygens (including phenoxy) is 1. The zero-order valence-electron chi connectivity index (χ0n) is 19.4. The number of nitrogens with zero attached hydrogens (tertiary/aromatic N) is 3. The molecular weight excluding hydrogens is 440 g/mol. The normalized spacial score (nSPS) is 17.8. The van der Waals surface area contributed by atoms with E-state index in [1.165, 1.54) is 37.8 Å². The van der Waals surface area contributed by atoms with Gasteiger partial charge in [-0.1, -0.05) is 0 Å². The van der Waals surface area contributed by atoms with E-state index in [0.717, 1.165) is 47.3 Å². The summed E-state index contributed by atoms with van der Waals surface area (Å²) in [6.45, 7) is 5.59. The van der Waals surface area contributed by atoms with Gasteiger partial charge in [0.05, 0.1) is 18.6 Å². The lowest BCUT2D eigenvalue weighted by Gasteiger charge is -2.22. The molecule has 0 radical (unpaired) electrons. The first-order chi connectivity index (χ1) is 15.9. The first kappa shape index (κ1) is 24.0. The zero-order chi connectivity index (χ0) is 23.4. The van der Waals surface area contributed by atoms with Gasteiger partial charge < -0.3 is 9.84 Å². The summed E-state index contributed by atoms with van der Waals surface area (Å²) >= 11 is 0. The predicted molar refractivity (Wildman–Crippen MR) is 126 cm³/mol. The van der Waals surface area contributed by atoms with Gasteiger partial charge >= 0.3 is 0 Å². The van der Waals surface area contributed by atoms with Crippen LogP contribution in [0.15, 0.2) is 41.3 Å². The number of sulfonamides is 1. The van der Waals surface area contributed by atoms with E-state index in [-0.39, 0.29) is 11.4 Å². The molecule has 33 heavy (non-hydrogen) atoms. The number of quaternary nitrogens is 1. The smallest absolute Gasteiger partial charge is 0.285 e. The van der Waals surface area contributed by atoms with Crippen molar-refractivity contribution in [1.82, 2.24) is 14.2 Å². The van der Waals surface area contributed by atoms with Crippen LogP contribution >= 0.6 is 0 Å². The largest absolute Gasteiger partial charge is 0.507 e. The molecule has 0 saturated carbocycles. The van der Waals surface area contributed by atoms with Crippen molar-refractivity contribution in [2.24, 2.45) is 0 Å². The molecule has 0 spiro atoms. The second kappa shape index (κ2) is 10.4. The highest BCUT2D eigenvalue weighted by molar-refractivity contribution is 7.88. The number of hydrogen-bond acceptors (Lipinski definition) is 6. The average Bonchev–Trinajstić information content (AvgIpc) is 3.51. The molecule has 8 nitrogen and oxygen atoms in total. The zero-order valence-corrected chi connectivity index (χ0v) is 20.2. The van der Waals surface area contributed by atoms with Crippen molar-refractivity contribution in [3.63, 3.8) is 0 Å². The standard InChI is InChI=1S/C24H34N4O4S/c1-32-22-6-8-23(9-7-22)33(30,31)28(25)16-19-14-20(17-26-10-2-3-11-26)24(29)21(15-19)18-27-12-4-5-13-27/h6-9,14-15,29H,2-5,10-13,16-18,25H2,1H3/p+1. The molecular formula is C24H35N4O4S+. The number of likely N-dealkylation sites (tertiary alicyclic amines) is 2. The summed E-state index contributed by atoms with van der Waals surface area (Å²) in [6.07, 6.45) is 4.70. The summed E-state index contributed by atoms with van der Waals surface area (Å²) in [4.78, 5) is 4.86. The highest BCUT2D eigenvalue weighted by atomic mass is 32.2. The van der Waals surface area contributed by atoms with E-state index in [0.29, 0.717) is 24.6 Å². The predicted octanol–water partition coefficient (Wildman–Crippen LogP) is 1.94. The highest BCUT2D eigenvalue weighted by Crippen LogP contribution is 2.30. The lowest BCUT2D eigenvalue weighted by atomic mass is 10.0. The Morgan fingerprint density at radius 3 is 1.88 bits per heavy atom. The third-order valence-electron chi connectivity index (χ3n) is 6.57. The minimum Gasteiger partial charge on any atom is -0.507 e. The van der Waals surface area contributed by atoms with Crippen LogP contribution in [-0.4, -0.2) is 61.0 Å². The first-order valence-corrected chi connectivity index (χ1v) is 13.1. The quantitative estimate of drug-likeness (QED) is 0.538. The number of phenolic OH excluding ortho intramolecular Hbond substituents is 1. The summed E-state index contributed by atoms with van der Waals surface area (Å²) in [5, 5.41) is 11.0. The molecule has 4 rings (SSSR count). The van der Waals surface area contributed by atoms with Crippen LogP contribution in [0.5, 0.6) is 11.5 Å². The molecule has 2 aromatic rings. The highest BCUT2D eigenvalue weighted by Gasteiger charge is 2.26. The van der Waals surface area contributed by atoms with Crippen LogP contribution in [0, 0.1) is 0 Å². The van der Waals surface area contributed by atoms with Crippen molar-refractivity contribution in [1.29, 1.82) is 0 Å². The van der Waals surface area contributed by atoms with Gasteiger partial charge in [0.1, 0.15) is 11.5 Å². The molecule has 0 bridgehead atoms. The van der Waals surface area contributed by atoms with Gasteiger partial charge in [0.25, 0.3) is 10.0 Å². The molecule has 2 aliphatic heterocycles. The Balaban J connectivity index is 1.58. The van der Waals surface area contributed by atoms with E-state index in [2.05, 4.69) is 15.6 Å². The van der Waals surface area contributed by atoms with Gasteiger partial charge in [-0.15, -0.1) is 0 Å². The third kappa shape index (κ3) is 5.67. The Labute approximate surface area is 196 Å². The fourth-order valence-electron chi connectivity index (χ4n) is 4.71. The number of benzene rings is 2. The first-order valence-electron chi connectivity index (χ1n) is 11.6. The number of methoxy groups -OCH3 is 1. The van der Waals surface area contributed by atoms with Crippen molar-refractivity contribution in [2.75, 3.05) is 33.3 Å². The summed E-state index contributed by atoms with van der Waals surface area (Å²) in [5.41, 5.74) is 2.56. The van der Waals surface area contributed by atoms with E-state index in [1.807, 2.05) is 12.1 Å². The number of hydrogen-bond donors (Lipinski definition) is 2. The Kier molecular flexibility index (Phi) is 7.55. The molecule has 4 N–H and O–H groups in total. The van der Waals surface area contributed by atoms with Gasteiger partial charge in [0, 0.05) is 24.2 Å². The topological polar surface area (TPSA) is 101 Å². The van der Waals surface area contributed by atoms with Crippen LogP contribution in [0.25, 0.3) is 0 Å². The van der Waals surface area contributed by atoms with Crippen LogP contribution in [-0.2, 0) is 29.7 Å². The fraction of sp³-hybridized carbons (Fsp3) is 0.500. The molecule has 2 aromatic carbocycles. The molecule has 0 unspecified atom stereocenters. The maximum absolute atomic E-state index is 13.1. The number of phenols is 1. The molecule has 180 valence electrons. The lowest BCUT2D eigenvalue weighted by molar-refractivity contribution is -0.536. The second-order valence-electron chi connectivity index (χ2n) is 9.02. The van der Waals surface area contributed by atoms with E-state index in [1.54, 1.807) is 19.2 Å². The summed E-state index contributed by atoms with van der Waals surface area (Å²) in [6, 6.07) is 10.2. The second-order valence-corrected chi connectivity index (χ2v) is 11.0. The van der Waals surface area contributed by atoms with E-state index in [4.69, 9.17) is 4.74 Å². The molecule has 2 fully saturated rings. The van der Waals surface area contributed by atoms with Crippen molar-refractivity contribution in [3.8, 4) is 11.5 Å². The molecule has 2 saturated heterocycles. The van der Waals surface area contributed by atoms with Crippen LogP contribution in [0.3, 0.4) is 0 Å². The Morgan fingerprint density at radius 2 is 1.42 bits per heavy atom. The maximum atomic E-state index is 13.1. The molecule has 0 atom stereocenters. The fourth-order valence-corrected chi connectivity index (χ4v) is 5.81. The summed E-state index contributed by atoms with van der Waals surface area (Å²) < 4.78 is 32.4. The number of rotatable bonds is 9. The Morgan fingerprint density at radius 1 is 0.939 bits per heavy atom. The molecule has 0 aliphatic carbocycles.